The second kappa shape index (κ2) is 5.01. The number of aliphatic hydroxyl groups is 1. The number of hydrogen-bond donors (Lipinski definition) is 1. The fourth-order valence-electron chi connectivity index (χ4n) is 2.38. The highest BCUT2D eigenvalue weighted by Crippen LogP contribution is 2.23. The van der Waals surface area contributed by atoms with Crippen LogP contribution in [-0.4, -0.2) is 33.9 Å². The van der Waals surface area contributed by atoms with Gasteiger partial charge in [0.15, 0.2) is 0 Å². The van der Waals surface area contributed by atoms with Crippen molar-refractivity contribution in [1.82, 2.24) is 13.9 Å². The average Bonchev–Trinajstić information content (AvgIpc) is 2.94. The first-order valence-corrected chi connectivity index (χ1v) is 7.76. The smallest absolute Gasteiger partial charge is 0.243 e. The van der Waals surface area contributed by atoms with E-state index in [2.05, 4.69) is 4.98 Å². The van der Waals surface area contributed by atoms with Gasteiger partial charge in [-0.2, -0.15) is 4.31 Å². The number of rotatable bonds is 3. The van der Waals surface area contributed by atoms with Crippen molar-refractivity contribution in [3.63, 3.8) is 0 Å². The number of aromatic nitrogens is 2. The molecule has 2 aromatic rings. The Morgan fingerprint density at radius 1 is 1.25 bits per heavy atom. The molecule has 0 radical (unpaired) electrons. The molecular formula is C13H15N3O3S. The molecule has 0 bridgehead atoms. The molecule has 0 saturated carbocycles. The van der Waals surface area contributed by atoms with Crippen molar-refractivity contribution >= 4 is 10.0 Å². The van der Waals surface area contributed by atoms with Crippen molar-refractivity contribution in [2.45, 2.75) is 24.6 Å². The van der Waals surface area contributed by atoms with Crippen LogP contribution in [0, 0.1) is 0 Å². The first-order valence-electron chi connectivity index (χ1n) is 6.32. The Morgan fingerprint density at radius 2 is 2.05 bits per heavy atom. The van der Waals surface area contributed by atoms with Crippen molar-refractivity contribution in [1.29, 1.82) is 0 Å². The maximum absolute atomic E-state index is 12.7. The predicted molar refractivity (Wildman–Crippen MR) is 72.2 cm³/mol. The minimum Gasteiger partial charge on any atom is -0.392 e. The zero-order chi connectivity index (χ0) is 14.2. The Bertz CT molecular complexity index is 724. The van der Waals surface area contributed by atoms with E-state index in [0.717, 1.165) is 5.82 Å². The van der Waals surface area contributed by atoms with Gasteiger partial charge in [-0.05, 0) is 11.6 Å². The van der Waals surface area contributed by atoms with Crippen LogP contribution < -0.4 is 0 Å². The molecule has 20 heavy (non-hydrogen) atoms. The van der Waals surface area contributed by atoms with Gasteiger partial charge in [-0.1, -0.05) is 18.2 Å². The van der Waals surface area contributed by atoms with Crippen LogP contribution in [0.15, 0.2) is 41.6 Å². The molecule has 1 N–H and O–H groups in total. The van der Waals surface area contributed by atoms with Crippen molar-refractivity contribution < 1.29 is 13.5 Å². The number of sulfonamides is 1. The summed E-state index contributed by atoms with van der Waals surface area (Å²) in [5.74, 6) is 0.737. The van der Waals surface area contributed by atoms with Gasteiger partial charge in [0.1, 0.15) is 5.82 Å². The fourth-order valence-corrected chi connectivity index (χ4v) is 3.98. The van der Waals surface area contributed by atoms with Gasteiger partial charge < -0.3 is 9.67 Å². The summed E-state index contributed by atoms with van der Waals surface area (Å²) in [5.41, 5.74) is 0.418. The predicted octanol–water partition coefficient (Wildman–Crippen LogP) is 0.580. The monoisotopic (exact) mass is 293 g/mol. The molecule has 0 spiro atoms. The van der Waals surface area contributed by atoms with E-state index >= 15 is 0 Å². The molecule has 0 atom stereocenters. The summed E-state index contributed by atoms with van der Waals surface area (Å²) >= 11 is 0. The van der Waals surface area contributed by atoms with Crippen molar-refractivity contribution in [3.05, 3.63) is 48.0 Å². The zero-order valence-electron chi connectivity index (χ0n) is 10.8. The van der Waals surface area contributed by atoms with Crippen LogP contribution in [0.3, 0.4) is 0 Å². The summed E-state index contributed by atoms with van der Waals surface area (Å²) in [5, 5.41) is 9.31. The highest BCUT2D eigenvalue weighted by Gasteiger charge is 2.30. The molecular weight excluding hydrogens is 278 g/mol. The van der Waals surface area contributed by atoms with Crippen LogP contribution in [0.2, 0.25) is 0 Å². The third-order valence-electron chi connectivity index (χ3n) is 3.47. The Balaban J connectivity index is 1.97. The molecule has 1 aliphatic rings. The summed E-state index contributed by atoms with van der Waals surface area (Å²) in [6.45, 7) is 0.967. The van der Waals surface area contributed by atoms with E-state index in [4.69, 9.17) is 0 Å². The molecule has 2 heterocycles. The maximum Gasteiger partial charge on any atom is 0.243 e. The summed E-state index contributed by atoms with van der Waals surface area (Å²) < 4.78 is 28.7. The van der Waals surface area contributed by atoms with Crippen molar-refractivity contribution in [3.8, 4) is 0 Å². The molecule has 0 amide bonds. The van der Waals surface area contributed by atoms with E-state index in [1.807, 2.05) is 10.8 Å². The van der Waals surface area contributed by atoms with Crippen LogP contribution >= 0.6 is 0 Å². The summed E-state index contributed by atoms with van der Waals surface area (Å²) in [7, 11) is -3.61. The molecule has 106 valence electrons. The number of nitrogens with zero attached hydrogens (tertiary/aromatic N) is 3. The van der Waals surface area contributed by atoms with Crippen molar-refractivity contribution in [2.75, 3.05) is 6.54 Å². The normalized spacial score (nSPS) is 16.1. The Morgan fingerprint density at radius 3 is 2.85 bits per heavy atom. The average molecular weight is 293 g/mol. The van der Waals surface area contributed by atoms with E-state index in [-0.39, 0.29) is 18.0 Å². The molecule has 0 unspecified atom stereocenters. The van der Waals surface area contributed by atoms with Crippen LogP contribution in [-0.2, 0) is 29.7 Å². The largest absolute Gasteiger partial charge is 0.392 e. The highest BCUT2D eigenvalue weighted by molar-refractivity contribution is 7.89. The standard InChI is InChI=1S/C13H15N3O3S/c17-10-11-3-1-2-4-12(11)20(18,19)16-8-7-15-6-5-14-13(15)9-16/h1-6,17H,7-10H2. The highest BCUT2D eigenvalue weighted by atomic mass is 32.2. The van der Waals surface area contributed by atoms with E-state index in [0.29, 0.717) is 18.7 Å². The van der Waals surface area contributed by atoms with Crippen LogP contribution in [0.1, 0.15) is 11.4 Å². The first-order chi connectivity index (χ1) is 9.63. The SMILES string of the molecule is O=S(=O)(c1ccccc1CO)N1CCn2ccnc2C1. The van der Waals surface area contributed by atoms with Gasteiger partial charge in [0.25, 0.3) is 0 Å². The quantitative estimate of drug-likeness (QED) is 0.898. The van der Waals surface area contributed by atoms with E-state index < -0.39 is 10.0 Å². The van der Waals surface area contributed by atoms with Gasteiger partial charge in [0, 0.05) is 25.5 Å². The van der Waals surface area contributed by atoms with Gasteiger partial charge in [-0.25, -0.2) is 13.4 Å². The van der Waals surface area contributed by atoms with Crippen molar-refractivity contribution in [2.24, 2.45) is 0 Å². The Labute approximate surface area is 117 Å². The number of benzene rings is 1. The molecule has 1 aromatic heterocycles. The third-order valence-corrected chi connectivity index (χ3v) is 5.42. The summed E-state index contributed by atoms with van der Waals surface area (Å²) in [4.78, 5) is 4.33. The topological polar surface area (TPSA) is 75.4 Å². The van der Waals surface area contributed by atoms with E-state index in [9.17, 15) is 13.5 Å². The fraction of sp³-hybridized carbons (Fsp3) is 0.308. The number of hydrogen-bond acceptors (Lipinski definition) is 4. The lowest BCUT2D eigenvalue weighted by atomic mass is 10.2. The minimum atomic E-state index is -3.61. The second-order valence-electron chi connectivity index (χ2n) is 4.64. The van der Waals surface area contributed by atoms with Crippen LogP contribution in [0.4, 0.5) is 0 Å². The van der Waals surface area contributed by atoms with Gasteiger partial charge >= 0.3 is 0 Å². The molecule has 0 saturated heterocycles. The summed E-state index contributed by atoms with van der Waals surface area (Å²) in [6.07, 6.45) is 3.52. The lowest BCUT2D eigenvalue weighted by molar-refractivity contribution is 0.277. The molecule has 0 aliphatic carbocycles. The molecule has 7 heteroatoms. The molecule has 6 nitrogen and oxygen atoms in total. The molecule has 1 aromatic carbocycles. The number of fused-ring (bicyclic) bond motifs is 1. The molecule has 3 rings (SSSR count). The van der Waals surface area contributed by atoms with Gasteiger partial charge in [0.2, 0.25) is 10.0 Å². The lowest BCUT2D eigenvalue weighted by Crippen LogP contribution is -2.38. The maximum atomic E-state index is 12.7. The van der Waals surface area contributed by atoms with Crippen LogP contribution in [0.25, 0.3) is 0 Å². The van der Waals surface area contributed by atoms with E-state index in [1.165, 1.54) is 10.4 Å². The third kappa shape index (κ3) is 2.13. The van der Waals surface area contributed by atoms with E-state index in [1.54, 1.807) is 24.4 Å². The van der Waals surface area contributed by atoms with Gasteiger partial charge in [-0.3, -0.25) is 0 Å². The molecule has 1 aliphatic heterocycles. The Kier molecular flexibility index (Phi) is 3.33. The summed E-state index contributed by atoms with van der Waals surface area (Å²) in [6, 6.07) is 6.53. The lowest BCUT2D eigenvalue weighted by Gasteiger charge is -2.27. The van der Waals surface area contributed by atoms with Crippen LogP contribution in [0.5, 0.6) is 0 Å². The number of imidazole rings is 1. The Hall–Kier alpha value is -1.70. The van der Waals surface area contributed by atoms with Gasteiger partial charge in [-0.15, -0.1) is 0 Å². The van der Waals surface area contributed by atoms with Gasteiger partial charge in [0.05, 0.1) is 18.0 Å². The molecule has 0 fully saturated rings. The second-order valence-corrected chi connectivity index (χ2v) is 6.55. The first kappa shape index (κ1) is 13.3. The zero-order valence-corrected chi connectivity index (χ0v) is 11.6. The number of aliphatic hydroxyl groups excluding tert-OH is 1. The minimum absolute atomic E-state index is 0.169.